The molecule has 26 nitrogen and oxygen atoms in total. The Morgan fingerprint density at radius 2 is 1.40 bits per heavy atom. The van der Waals surface area contributed by atoms with E-state index in [9.17, 15) is 85.9 Å². The summed E-state index contributed by atoms with van der Waals surface area (Å²) in [4.78, 5) is 40.4. The van der Waals surface area contributed by atoms with Crippen LogP contribution in [0.3, 0.4) is 0 Å². The van der Waals surface area contributed by atoms with Gasteiger partial charge in [-0.05, 0) is 92.8 Å². The minimum Gasteiger partial charge on any atom is -0.479 e. The van der Waals surface area contributed by atoms with Crippen LogP contribution < -0.4 is 0 Å². The van der Waals surface area contributed by atoms with Crippen LogP contribution in [-0.2, 0) is 57.0 Å². The van der Waals surface area contributed by atoms with Gasteiger partial charge in [0.2, 0.25) is 0 Å². The quantitative estimate of drug-likeness (QED) is 0.0288. The molecule has 0 unspecified atom stereocenters. The molecule has 0 radical (unpaired) electrons. The van der Waals surface area contributed by atoms with Gasteiger partial charge < -0.3 is 119 Å². The molecule has 14 N–H and O–H groups in total. The number of aliphatic hydroxyl groups is 13. The van der Waals surface area contributed by atoms with Crippen molar-refractivity contribution < 1.29 is 129 Å². The third-order valence-electron chi connectivity index (χ3n) is 21.9. The molecule has 0 aromatic carbocycles. The van der Waals surface area contributed by atoms with Crippen molar-refractivity contribution in [3.05, 3.63) is 23.3 Å². The molecule has 0 amide bonds. The lowest BCUT2D eigenvalue weighted by Gasteiger charge is -2.72. The van der Waals surface area contributed by atoms with Crippen LogP contribution >= 0.6 is 0 Å². The third-order valence-corrected chi connectivity index (χ3v) is 21.9. The highest BCUT2D eigenvalue weighted by Gasteiger charge is 2.73. The van der Waals surface area contributed by atoms with Crippen LogP contribution in [0.25, 0.3) is 0 Å². The summed E-state index contributed by atoms with van der Waals surface area (Å²) in [6, 6.07) is 0. The summed E-state index contributed by atoms with van der Waals surface area (Å²) in [6.07, 6.45) is -32.3. The first-order valence-corrected chi connectivity index (χ1v) is 29.0. The summed E-state index contributed by atoms with van der Waals surface area (Å²) in [7, 11) is 0. The van der Waals surface area contributed by atoms with Crippen LogP contribution in [0.4, 0.5) is 0 Å². The normalized spacial score (nSPS) is 52.6. The fourth-order valence-corrected chi connectivity index (χ4v) is 16.7. The first kappa shape index (κ1) is 64.7. The number of fused-ring (bicyclic) bond motifs is 7. The van der Waals surface area contributed by atoms with Crippen LogP contribution in [-0.4, -0.2) is 245 Å². The van der Waals surface area contributed by atoms with Gasteiger partial charge in [0.25, 0.3) is 0 Å². The molecule has 9 rings (SSSR count). The van der Waals surface area contributed by atoms with Crippen molar-refractivity contribution in [2.24, 2.45) is 50.2 Å². The lowest BCUT2D eigenvalue weighted by Crippen LogP contribution is -2.72. The van der Waals surface area contributed by atoms with Crippen LogP contribution in [0.5, 0.6) is 0 Å². The van der Waals surface area contributed by atoms with E-state index in [0.29, 0.717) is 37.7 Å². The number of carboxylic acid groups (broad SMARTS) is 1. The van der Waals surface area contributed by atoms with Gasteiger partial charge in [0.05, 0.1) is 42.9 Å². The first-order chi connectivity index (χ1) is 38.8. The van der Waals surface area contributed by atoms with E-state index in [1.165, 1.54) is 0 Å². The molecule has 9 aliphatic rings. The lowest BCUT2D eigenvalue weighted by atomic mass is 9.33. The second-order valence-corrected chi connectivity index (χ2v) is 26.7. The van der Waals surface area contributed by atoms with Gasteiger partial charge in [0, 0.05) is 17.4 Å². The Morgan fingerprint density at radius 3 is 2.04 bits per heavy atom. The van der Waals surface area contributed by atoms with Crippen LogP contribution in [0, 0.1) is 50.2 Å². The average molecular weight is 1190 g/mol. The molecule has 4 saturated carbocycles. The molecule has 4 heterocycles. The standard InChI is InChI=1S/C57H88O26/c1-9-23(2)46(73)82-44-43(70)57(22-60)25(17-52(44,3)4)24-10-11-31-53(5)14-13-33(54(6,21-59)30(53)12-15-55(31,7)56(24,8)18-32(57)63)78-51-42(81-50-38(68)36(66)35(65)29(19-58)77-50)40(39(69)41(80-51)45(71)72)79-48-28(16-26(61)47(74)83-48)76-49-37(67)34(64)27(62)20-75-49/h9-10,21,25-44,47-51,58,60-70,74H,11-20,22H2,1-8H3,(H,71,72)/b23-9-/t25-,26+,27+,28+,29+,30+,31+,32+,33-,34-,35-,36-,37+,38+,39-,40-,41-,42+,43-,44-,47-,48+,49-,50-,51+,53-,54-,55+,56+,57-/m0/s1. The number of aliphatic carboxylic acids is 1. The number of ether oxygens (including phenoxy) is 9. The molecule has 5 aliphatic carbocycles. The average Bonchev–Trinajstić information content (AvgIpc) is 0.722. The highest BCUT2D eigenvalue weighted by Crippen LogP contribution is 2.76. The zero-order valence-electron chi connectivity index (χ0n) is 48.1. The van der Waals surface area contributed by atoms with Gasteiger partial charge in [-0.3, -0.25) is 0 Å². The fraction of sp³-hybridized carbons (Fsp3) is 0.877. The van der Waals surface area contributed by atoms with E-state index in [0.717, 1.165) is 11.9 Å². The maximum atomic E-state index is 14.1. The molecular formula is C57H88O26. The number of rotatable bonds is 14. The molecule has 4 aliphatic heterocycles. The van der Waals surface area contributed by atoms with Gasteiger partial charge in [-0.25, -0.2) is 9.59 Å². The lowest BCUT2D eigenvalue weighted by molar-refractivity contribution is -0.405. The molecule has 0 spiro atoms. The van der Waals surface area contributed by atoms with Gasteiger partial charge in [0.15, 0.2) is 37.6 Å². The van der Waals surface area contributed by atoms with E-state index in [4.69, 9.17) is 42.6 Å². The van der Waals surface area contributed by atoms with Gasteiger partial charge in [-0.15, -0.1) is 0 Å². The summed E-state index contributed by atoms with van der Waals surface area (Å²) in [5.74, 6) is -3.45. The topological polar surface area (TPSA) is 418 Å². The number of allylic oxidation sites excluding steroid dienone is 3. The Bertz CT molecular complexity index is 2420. The number of hydrogen-bond acceptors (Lipinski definition) is 25. The molecule has 0 aromatic rings. The zero-order chi connectivity index (χ0) is 61.0. The van der Waals surface area contributed by atoms with Crippen LogP contribution in [0.1, 0.15) is 107 Å². The molecular weight excluding hydrogens is 1100 g/mol. The fourth-order valence-electron chi connectivity index (χ4n) is 16.7. The predicted octanol–water partition coefficient (Wildman–Crippen LogP) is -2.24. The van der Waals surface area contributed by atoms with Crippen molar-refractivity contribution >= 4 is 18.2 Å². The van der Waals surface area contributed by atoms with E-state index in [1.807, 2.05) is 13.8 Å². The molecule has 26 heteroatoms. The summed E-state index contributed by atoms with van der Waals surface area (Å²) < 4.78 is 54.1. The highest BCUT2D eigenvalue weighted by molar-refractivity contribution is 5.87. The van der Waals surface area contributed by atoms with E-state index in [2.05, 4.69) is 26.8 Å². The second kappa shape index (κ2) is 23.6. The molecule has 8 fully saturated rings. The van der Waals surface area contributed by atoms with Gasteiger partial charge in [-0.1, -0.05) is 59.3 Å². The second-order valence-electron chi connectivity index (χ2n) is 26.7. The van der Waals surface area contributed by atoms with Crippen LogP contribution in [0.2, 0.25) is 0 Å². The molecule has 83 heavy (non-hydrogen) atoms. The Kier molecular flexibility index (Phi) is 18.4. The molecule has 30 atom stereocenters. The van der Waals surface area contributed by atoms with E-state index < -0.39 is 218 Å². The number of aldehydes is 1. The van der Waals surface area contributed by atoms with Gasteiger partial charge in [-0.2, -0.15) is 0 Å². The van der Waals surface area contributed by atoms with Crippen molar-refractivity contribution in [1.29, 1.82) is 0 Å². The first-order valence-electron chi connectivity index (χ1n) is 29.0. The van der Waals surface area contributed by atoms with E-state index in [-0.39, 0.29) is 18.8 Å². The number of carbonyl (C=O) groups is 3. The van der Waals surface area contributed by atoms with Crippen molar-refractivity contribution in [2.75, 3.05) is 19.8 Å². The Balaban J connectivity index is 1.04. The largest absolute Gasteiger partial charge is 0.479 e. The van der Waals surface area contributed by atoms with Gasteiger partial charge >= 0.3 is 11.9 Å². The summed E-state index contributed by atoms with van der Waals surface area (Å²) >= 11 is 0. The monoisotopic (exact) mass is 1190 g/mol. The molecule has 472 valence electrons. The Labute approximate surface area is 480 Å². The number of carboxylic acids is 1. The number of esters is 1. The van der Waals surface area contributed by atoms with Crippen LogP contribution in [0.15, 0.2) is 23.3 Å². The van der Waals surface area contributed by atoms with E-state index >= 15 is 0 Å². The number of carbonyl (C=O) groups excluding carboxylic acids is 2. The highest BCUT2D eigenvalue weighted by atomic mass is 16.8. The smallest absolute Gasteiger partial charge is 0.335 e. The van der Waals surface area contributed by atoms with Crippen molar-refractivity contribution in [2.45, 2.75) is 242 Å². The van der Waals surface area contributed by atoms with E-state index in [1.54, 1.807) is 26.8 Å². The Hall–Kier alpha value is -2.75. The molecule has 4 saturated heterocycles. The minimum atomic E-state index is -2.27. The summed E-state index contributed by atoms with van der Waals surface area (Å²) in [5, 5.41) is 155. The zero-order valence-corrected chi connectivity index (χ0v) is 48.1. The van der Waals surface area contributed by atoms with Crippen molar-refractivity contribution in [3.63, 3.8) is 0 Å². The SMILES string of the molecule is C/C=C(/C)C(=O)O[C@H]1[C@H](O)[C@]2(CO)[C@H](O)C[C@]3(C)C(=CC[C@@H]4[C@@]5(C)CC[C@H](O[C@@H]6O[C@H](C(=O)O)[C@@H](O)[C@H](O[C@@H]7O[C@H](O)[C@H](O)C[C@H]7O[C@@H]7OC[C@@H](O)[C@H](O)[C@H]7O)[C@H]6O[C@@H]6O[C@H](CO)[C@H](O)[C@H](O)[C@H]6O)[C@@](C)(C=O)[C@@H]5CC[C@]43C)[C@@H]2CC1(C)C. The maximum Gasteiger partial charge on any atom is 0.335 e. The third kappa shape index (κ3) is 10.5. The van der Waals surface area contributed by atoms with Crippen molar-refractivity contribution in [3.8, 4) is 0 Å². The van der Waals surface area contributed by atoms with Crippen molar-refractivity contribution in [1.82, 2.24) is 0 Å². The van der Waals surface area contributed by atoms with Gasteiger partial charge in [0.1, 0.15) is 91.7 Å². The maximum absolute atomic E-state index is 14.1. The Morgan fingerprint density at radius 1 is 0.723 bits per heavy atom. The summed E-state index contributed by atoms with van der Waals surface area (Å²) in [6.45, 7) is 13.3. The number of aliphatic hydroxyl groups excluding tert-OH is 13. The minimum absolute atomic E-state index is 0.128. The predicted molar refractivity (Wildman–Crippen MR) is 279 cm³/mol. The molecule has 0 aromatic heterocycles. The molecule has 0 bridgehead atoms. The summed E-state index contributed by atoms with van der Waals surface area (Å²) in [5.41, 5.74) is -4.21. The number of hydrogen-bond donors (Lipinski definition) is 14.